The minimum atomic E-state index is -0.428. The van der Waals surface area contributed by atoms with E-state index >= 15 is 0 Å². The SMILES string of the molecule is Cc1nn(Cc2ccc(F)cc2Cl)c(=O)c2noc(C)c12. The number of hydrogen-bond donors (Lipinski definition) is 0. The quantitative estimate of drug-likeness (QED) is 0.730. The number of benzene rings is 1. The number of aryl methyl sites for hydroxylation is 2. The molecule has 3 aromatic rings. The van der Waals surface area contributed by atoms with Gasteiger partial charge in [0.05, 0.1) is 17.6 Å². The Morgan fingerprint density at radius 1 is 1.38 bits per heavy atom. The van der Waals surface area contributed by atoms with Crippen molar-refractivity contribution in [3.63, 3.8) is 0 Å². The third-order valence-electron chi connectivity index (χ3n) is 3.27. The summed E-state index contributed by atoms with van der Waals surface area (Å²) in [5.74, 6) is 0.127. The second kappa shape index (κ2) is 4.96. The van der Waals surface area contributed by atoms with Crippen molar-refractivity contribution in [3.05, 3.63) is 56.4 Å². The van der Waals surface area contributed by atoms with E-state index in [2.05, 4.69) is 10.3 Å². The average Bonchev–Trinajstić information content (AvgIpc) is 2.81. The summed E-state index contributed by atoms with van der Waals surface area (Å²) in [6.45, 7) is 3.64. The Labute approximate surface area is 123 Å². The van der Waals surface area contributed by atoms with Crippen molar-refractivity contribution in [1.29, 1.82) is 0 Å². The van der Waals surface area contributed by atoms with Crippen LogP contribution in [0.3, 0.4) is 0 Å². The first kappa shape index (κ1) is 13.8. The molecule has 0 amide bonds. The smallest absolute Gasteiger partial charge is 0.297 e. The molecule has 7 heteroatoms. The zero-order chi connectivity index (χ0) is 15.1. The van der Waals surface area contributed by atoms with Gasteiger partial charge in [0.2, 0.25) is 0 Å². The molecule has 0 aliphatic heterocycles. The van der Waals surface area contributed by atoms with Gasteiger partial charge in [-0.2, -0.15) is 5.10 Å². The number of nitrogens with zero attached hydrogens (tertiary/aromatic N) is 3. The standard InChI is InChI=1S/C14H11ClFN3O2/c1-7-12-8(2)21-18-13(12)14(20)19(17-7)6-9-3-4-10(16)5-11(9)15/h3-5H,6H2,1-2H3. The fraction of sp³-hybridized carbons (Fsp3) is 0.214. The molecule has 0 bridgehead atoms. The van der Waals surface area contributed by atoms with Gasteiger partial charge in [-0.1, -0.05) is 22.8 Å². The maximum Gasteiger partial charge on any atom is 0.297 e. The van der Waals surface area contributed by atoms with E-state index < -0.39 is 5.82 Å². The summed E-state index contributed by atoms with van der Waals surface area (Å²) < 4.78 is 19.3. The van der Waals surface area contributed by atoms with E-state index in [9.17, 15) is 9.18 Å². The van der Waals surface area contributed by atoms with Gasteiger partial charge >= 0.3 is 0 Å². The van der Waals surface area contributed by atoms with E-state index in [0.717, 1.165) is 0 Å². The lowest BCUT2D eigenvalue weighted by molar-refractivity contribution is 0.405. The number of halogens is 2. The van der Waals surface area contributed by atoms with Crippen LogP contribution in [0.4, 0.5) is 4.39 Å². The summed E-state index contributed by atoms with van der Waals surface area (Å²) in [4.78, 5) is 12.3. The molecule has 108 valence electrons. The van der Waals surface area contributed by atoms with Gasteiger partial charge in [0.1, 0.15) is 11.6 Å². The predicted octanol–water partition coefficient (Wildman–Crippen LogP) is 2.84. The molecule has 0 unspecified atom stereocenters. The highest BCUT2D eigenvalue weighted by atomic mass is 35.5. The van der Waals surface area contributed by atoms with Crippen molar-refractivity contribution >= 4 is 22.5 Å². The summed E-state index contributed by atoms with van der Waals surface area (Å²) in [6, 6.07) is 4.02. The van der Waals surface area contributed by atoms with Crippen LogP contribution < -0.4 is 5.56 Å². The van der Waals surface area contributed by atoms with Crippen molar-refractivity contribution in [2.45, 2.75) is 20.4 Å². The van der Waals surface area contributed by atoms with Gasteiger partial charge in [0.15, 0.2) is 5.52 Å². The predicted molar refractivity (Wildman–Crippen MR) is 76.1 cm³/mol. The number of rotatable bonds is 2. The molecule has 0 radical (unpaired) electrons. The molecular weight excluding hydrogens is 297 g/mol. The summed E-state index contributed by atoms with van der Waals surface area (Å²) >= 11 is 5.98. The lowest BCUT2D eigenvalue weighted by atomic mass is 10.2. The van der Waals surface area contributed by atoms with Crippen molar-refractivity contribution < 1.29 is 8.91 Å². The molecule has 0 saturated heterocycles. The molecule has 3 rings (SSSR count). The van der Waals surface area contributed by atoms with Gasteiger partial charge < -0.3 is 4.52 Å². The molecule has 0 fully saturated rings. The van der Waals surface area contributed by atoms with Crippen LogP contribution in [0.15, 0.2) is 27.5 Å². The fourth-order valence-electron chi connectivity index (χ4n) is 2.26. The summed E-state index contributed by atoms with van der Waals surface area (Å²) in [7, 11) is 0. The Bertz CT molecular complexity index is 901. The Balaban J connectivity index is 2.13. The summed E-state index contributed by atoms with van der Waals surface area (Å²) in [5.41, 5.74) is 1.11. The third kappa shape index (κ3) is 2.31. The number of fused-ring (bicyclic) bond motifs is 1. The van der Waals surface area contributed by atoms with Crippen LogP contribution in [0.2, 0.25) is 5.02 Å². The number of hydrogen-bond acceptors (Lipinski definition) is 4. The van der Waals surface area contributed by atoms with Gasteiger partial charge in [-0.15, -0.1) is 0 Å². The molecule has 2 aromatic heterocycles. The Hall–Kier alpha value is -2.21. The van der Waals surface area contributed by atoms with Gasteiger partial charge in [0.25, 0.3) is 5.56 Å². The molecule has 0 aliphatic rings. The topological polar surface area (TPSA) is 60.9 Å². The van der Waals surface area contributed by atoms with Gasteiger partial charge in [-0.25, -0.2) is 9.07 Å². The zero-order valence-electron chi connectivity index (χ0n) is 11.4. The van der Waals surface area contributed by atoms with Crippen LogP contribution in [0.5, 0.6) is 0 Å². The first-order chi connectivity index (χ1) is 9.97. The van der Waals surface area contributed by atoms with Crippen molar-refractivity contribution in [2.24, 2.45) is 0 Å². The first-order valence-electron chi connectivity index (χ1n) is 6.25. The number of aromatic nitrogens is 3. The summed E-state index contributed by atoms with van der Waals surface area (Å²) in [5, 5.41) is 8.89. The maximum atomic E-state index is 13.0. The average molecular weight is 308 g/mol. The van der Waals surface area contributed by atoms with Gasteiger partial charge in [0, 0.05) is 5.02 Å². The maximum absolute atomic E-state index is 13.0. The highest BCUT2D eigenvalue weighted by Gasteiger charge is 2.15. The molecule has 0 saturated carbocycles. The van der Waals surface area contributed by atoms with E-state index in [4.69, 9.17) is 16.1 Å². The van der Waals surface area contributed by atoms with Crippen molar-refractivity contribution in [3.8, 4) is 0 Å². The van der Waals surface area contributed by atoms with Crippen molar-refractivity contribution in [1.82, 2.24) is 14.9 Å². The molecular formula is C14H11ClFN3O2. The molecule has 0 atom stereocenters. The molecule has 1 aromatic carbocycles. The van der Waals surface area contributed by atoms with Crippen molar-refractivity contribution in [2.75, 3.05) is 0 Å². The lowest BCUT2D eigenvalue weighted by Crippen LogP contribution is -2.24. The summed E-state index contributed by atoms with van der Waals surface area (Å²) in [6.07, 6.45) is 0. The molecule has 0 aliphatic carbocycles. The van der Waals surface area contributed by atoms with E-state index in [-0.39, 0.29) is 22.6 Å². The van der Waals surface area contributed by atoms with Crippen LogP contribution in [0.1, 0.15) is 17.0 Å². The van der Waals surface area contributed by atoms with Gasteiger partial charge in [-0.3, -0.25) is 4.79 Å². The van der Waals surface area contributed by atoms with E-state index in [1.165, 1.54) is 22.9 Å². The minimum Gasteiger partial charge on any atom is -0.360 e. The van der Waals surface area contributed by atoms with Crippen LogP contribution >= 0.6 is 11.6 Å². The monoisotopic (exact) mass is 307 g/mol. The fourth-order valence-corrected chi connectivity index (χ4v) is 2.49. The third-order valence-corrected chi connectivity index (χ3v) is 3.62. The minimum absolute atomic E-state index is 0.140. The second-order valence-electron chi connectivity index (χ2n) is 4.75. The molecule has 0 spiro atoms. The zero-order valence-corrected chi connectivity index (χ0v) is 12.1. The highest BCUT2D eigenvalue weighted by molar-refractivity contribution is 6.31. The Kier molecular flexibility index (Phi) is 3.25. The largest absolute Gasteiger partial charge is 0.360 e. The molecule has 0 N–H and O–H groups in total. The van der Waals surface area contributed by atoms with Crippen LogP contribution in [0, 0.1) is 19.7 Å². The van der Waals surface area contributed by atoms with Crippen LogP contribution in [-0.4, -0.2) is 14.9 Å². The molecule has 21 heavy (non-hydrogen) atoms. The molecule has 5 nitrogen and oxygen atoms in total. The Morgan fingerprint density at radius 3 is 2.86 bits per heavy atom. The van der Waals surface area contributed by atoms with E-state index in [1.54, 1.807) is 13.8 Å². The normalized spacial score (nSPS) is 11.2. The molecule has 2 heterocycles. The Morgan fingerprint density at radius 2 is 2.14 bits per heavy atom. The van der Waals surface area contributed by atoms with E-state index in [0.29, 0.717) is 22.4 Å². The second-order valence-corrected chi connectivity index (χ2v) is 5.15. The lowest BCUT2D eigenvalue weighted by Gasteiger charge is -2.08. The highest BCUT2D eigenvalue weighted by Crippen LogP contribution is 2.19. The van der Waals surface area contributed by atoms with Crippen LogP contribution in [-0.2, 0) is 6.54 Å². The van der Waals surface area contributed by atoms with Crippen LogP contribution in [0.25, 0.3) is 10.9 Å². The van der Waals surface area contributed by atoms with Gasteiger partial charge in [-0.05, 0) is 31.5 Å². The first-order valence-corrected chi connectivity index (χ1v) is 6.63. The van der Waals surface area contributed by atoms with E-state index in [1.807, 2.05) is 0 Å².